The van der Waals surface area contributed by atoms with E-state index in [9.17, 15) is 0 Å². The molecule has 0 aromatic heterocycles. The van der Waals surface area contributed by atoms with Crippen molar-refractivity contribution in [1.29, 1.82) is 0 Å². The van der Waals surface area contributed by atoms with E-state index < -0.39 is 0 Å². The van der Waals surface area contributed by atoms with Crippen LogP contribution in [0.1, 0.15) is 47.0 Å². The number of quaternary nitrogens is 2. The third kappa shape index (κ3) is 4.69. The Balaban J connectivity index is 1.90. The number of hydrogen-bond donors (Lipinski definition) is 0. The van der Waals surface area contributed by atoms with Crippen LogP contribution in [-0.4, -0.2) is 62.3 Å². The number of fused-ring (bicyclic) bond motifs is 1. The summed E-state index contributed by atoms with van der Waals surface area (Å²) >= 11 is 0. The summed E-state index contributed by atoms with van der Waals surface area (Å²) in [5.74, 6) is 3.73. The van der Waals surface area contributed by atoms with Gasteiger partial charge in [0.2, 0.25) is 0 Å². The maximum Gasteiger partial charge on any atom is 0.0872 e. The van der Waals surface area contributed by atoms with E-state index in [4.69, 9.17) is 0 Å². The predicted octanol–water partition coefficient (Wildman–Crippen LogP) is 3.62. The lowest BCUT2D eigenvalue weighted by atomic mass is 9.87. The molecule has 2 fully saturated rings. The molecule has 0 amide bonds. The summed E-state index contributed by atoms with van der Waals surface area (Å²) in [6.45, 7) is 18.1. The first kappa shape index (κ1) is 17.3. The maximum absolute atomic E-state index is 2.53. The molecule has 124 valence electrons. The second kappa shape index (κ2) is 6.58. The summed E-state index contributed by atoms with van der Waals surface area (Å²) in [5.41, 5.74) is 0. The van der Waals surface area contributed by atoms with E-state index in [1.807, 2.05) is 0 Å². The van der Waals surface area contributed by atoms with Crippen LogP contribution in [0.2, 0.25) is 0 Å². The van der Waals surface area contributed by atoms with Gasteiger partial charge in [-0.25, -0.2) is 0 Å². The van der Waals surface area contributed by atoms with Gasteiger partial charge in [-0.05, 0) is 24.7 Å². The second-order valence-corrected chi connectivity index (χ2v) is 9.63. The highest BCUT2D eigenvalue weighted by Crippen LogP contribution is 2.37. The van der Waals surface area contributed by atoms with E-state index in [0.29, 0.717) is 0 Å². The summed E-state index contributed by atoms with van der Waals surface area (Å²) < 4.78 is 2.71. The van der Waals surface area contributed by atoms with Gasteiger partial charge in [-0.3, -0.25) is 0 Å². The minimum absolute atomic E-state index is 0.855. The number of piperidine rings is 1. The third-order valence-corrected chi connectivity index (χ3v) is 6.22. The first-order valence-electron chi connectivity index (χ1n) is 9.38. The van der Waals surface area contributed by atoms with Crippen LogP contribution in [0.4, 0.5) is 0 Å². The van der Waals surface area contributed by atoms with Crippen molar-refractivity contribution < 1.29 is 8.97 Å². The van der Waals surface area contributed by atoms with Crippen molar-refractivity contribution in [2.24, 2.45) is 23.7 Å². The van der Waals surface area contributed by atoms with Crippen LogP contribution in [0.15, 0.2) is 0 Å². The van der Waals surface area contributed by atoms with Crippen LogP contribution in [0, 0.1) is 23.7 Å². The summed E-state index contributed by atoms with van der Waals surface area (Å²) in [7, 11) is 5.05. The molecule has 0 N–H and O–H groups in total. The highest BCUT2D eigenvalue weighted by Gasteiger charge is 2.48. The smallest absolute Gasteiger partial charge is 0.0872 e. The third-order valence-electron chi connectivity index (χ3n) is 6.22. The molecule has 0 aliphatic carbocycles. The maximum atomic E-state index is 2.53. The largest absolute Gasteiger partial charge is 0.326 e. The van der Waals surface area contributed by atoms with Crippen LogP contribution in [0.5, 0.6) is 0 Å². The van der Waals surface area contributed by atoms with E-state index in [1.165, 1.54) is 67.5 Å². The molecule has 4 atom stereocenters. The van der Waals surface area contributed by atoms with Crippen LogP contribution < -0.4 is 0 Å². The first-order chi connectivity index (χ1) is 9.71. The Labute approximate surface area is 133 Å². The molecular weight excluding hydrogens is 256 g/mol. The molecule has 2 aliphatic rings. The van der Waals surface area contributed by atoms with Crippen molar-refractivity contribution in [2.75, 3.05) is 53.4 Å². The van der Waals surface area contributed by atoms with Gasteiger partial charge >= 0.3 is 0 Å². The minimum atomic E-state index is 0.855. The van der Waals surface area contributed by atoms with E-state index >= 15 is 0 Å². The molecule has 2 aliphatic heterocycles. The molecule has 0 aromatic carbocycles. The average molecular weight is 297 g/mol. The van der Waals surface area contributed by atoms with E-state index in [-0.39, 0.29) is 0 Å². The molecule has 0 aromatic rings. The minimum Gasteiger partial charge on any atom is -0.326 e. The fraction of sp³-hybridized carbons (Fsp3) is 1.00. The van der Waals surface area contributed by atoms with Gasteiger partial charge in [-0.15, -0.1) is 0 Å². The Bertz CT molecular complexity index is 326. The molecule has 0 bridgehead atoms. The predicted molar refractivity (Wildman–Crippen MR) is 92.1 cm³/mol. The Morgan fingerprint density at radius 1 is 0.762 bits per heavy atom. The summed E-state index contributed by atoms with van der Waals surface area (Å²) in [6, 6.07) is 0. The molecule has 2 heterocycles. The molecule has 2 heteroatoms. The normalized spacial score (nSPS) is 40.0. The van der Waals surface area contributed by atoms with Gasteiger partial charge in [-0.1, -0.05) is 27.7 Å². The number of likely N-dealkylation sites (tertiary alicyclic amines) is 2. The summed E-state index contributed by atoms with van der Waals surface area (Å²) in [4.78, 5) is 0. The van der Waals surface area contributed by atoms with Crippen LogP contribution >= 0.6 is 0 Å². The SMILES string of the molecule is CC(C)CC[N+]1(C)CC[C@@H]2C[N+](C)(CCC(C)C)C[C@@H]2C1. The van der Waals surface area contributed by atoms with Crippen molar-refractivity contribution in [3.63, 3.8) is 0 Å². The number of nitrogens with zero attached hydrogens (tertiary/aromatic N) is 2. The van der Waals surface area contributed by atoms with Gasteiger partial charge in [-0.2, -0.15) is 0 Å². The fourth-order valence-electron chi connectivity index (χ4n) is 4.70. The highest BCUT2D eigenvalue weighted by atomic mass is 15.4. The van der Waals surface area contributed by atoms with Crippen molar-refractivity contribution in [2.45, 2.75) is 47.0 Å². The summed E-state index contributed by atoms with van der Waals surface area (Å²) in [5, 5.41) is 0. The van der Waals surface area contributed by atoms with E-state index in [0.717, 1.165) is 23.7 Å². The Hall–Kier alpha value is -0.0800. The lowest BCUT2D eigenvalue weighted by molar-refractivity contribution is -0.922. The zero-order chi connectivity index (χ0) is 15.7. The molecule has 0 spiro atoms. The topological polar surface area (TPSA) is 0 Å². The molecule has 2 saturated heterocycles. The van der Waals surface area contributed by atoms with Gasteiger partial charge < -0.3 is 8.97 Å². The molecule has 2 nitrogen and oxygen atoms in total. The zero-order valence-electron chi connectivity index (χ0n) is 15.6. The Morgan fingerprint density at radius 2 is 1.24 bits per heavy atom. The van der Waals surface area contributed by atoms with E-state index in [1.54, 1.807) is 0 Å². The average Bonchev–Trinajstić information content (AvgIpc) is 2.70. The van der Waals surface area contributed by atoms with Crippen molar-refractivity contribution >= 4 is 0 Å². The molecule has 0 radical (unpaired) electrons. The quantitative estimate of drug-likeness (QED) is 0.657. The van der Waals surface area contributed by atoms with Crippen LogP contribution in [-0.2, 0) is 0 Å². The molecule has 2 unspecified atom stereocenters. The van der Waals surface area contributed by atoms with Crippen molar-refractivity contribution in [3.05, 3.63) is 0 Å². The van der Waals surface area contributed by atoms with E-state index in [2.05, 4.69) is 41.8 Å². The molecule has 0 saturated carbocycles. The molecule has 21 heavy (non-hydrogen) atoms. The monoisotopic (exact) mass is 296 g/mol. The van der Waals surface area contributed by atoms with Crippen LogP contribution in [0.25, 0.3) is 0 Å². The standard InChI is InChI=1S/C19H40N2/c1-16(2)7-10-20(5)12-9-18-13-21(6,11-8-17(3)4)15-19(18)14-20/h16-19H,7-15H2,1-6H3/q+2/t18-,19+,20?,21?/m1/s1. The zero-order valence-corrected chi connectivity index (χ0v) is 15.6. The number of hydrogen-bond acceptors (Lipinski definition) is 0. The first-order valence-corrected chi connectivity index (χ1v) is 9.38. The van der Waals surface area contributed by atoms with Crippen molar-refractivity contribution in [1.82, 2.24) is 0 Å². The van der Waals surface area contributed by atoms with Gasteiger partial charge in [0.1, 0.15) is 0 Å². The van der Waals surface area contributed by atoms with Crippen LogP contribution in [0.3, 0.4) is 0 Å². The number of rotatable bonds is 6. The van der Waals surface area contributed by atoms with Crippen molar-refractivity contribution in [3.8, 4) is 0 Å². The van der Waals surface area contributed by atoms with Gasteiger partial charge in [0.15, 0.2) is 0 Å². The lowest BCUT2D eigenvalue weighted by Crippen LogP contribution is -2.54. The Morgan fingerprint density at radius 3 is 1.81 bits per heavy atom. The molecule has 2 rings (SSSR count). The van der Waals surface area contributed by atoms with Gasteiger partial charge in [0, 0.05) is 12.3 Å². The lowest BCUT2D eigenvalue weighted by Gasteiger charge is -2.42. The Kier molecular flexibility index (Phi) is 5.41. The second-order valence-electron chi connectivity index (χ2n) is 9.63. The summed E-state index contributed by atoms with van der Waals surface area (Å²) in [6.07, 6.45) is 4.28. The van der Waals surface area contributed by atoms with Gasteiger partial charge in [0.05, 0.1) is 59.3 Å². The molecular formula is C19H40N2+2. The fourth-order valence-corrected chi connectivity index (χ4v) is 4.70. The van der Waals surface area contributed by atoms with Gasteiger partial charge in [0.25, 0.3) is 0 Å². The highest BCUT2D eigenvalue weighted by molar-refractivity contribution is 4.80.